The molecule has 2 atom stereocenters. The summed E-state index contributed by atoms with van der Waals surface area (Å²) in [5.41, 5.74) is 5.74. The number of rotatable bonds is 5. The maximum Gasteiger partial charge on any atom is 0.247 e. The fourth-order valence-electron chi connectivity index (χ4n) is 4.75. The summed E-state index contributed by atoms with van der Waals surface area (Å²) in [5, 5.41) is 19.6. The molecule has 4 aromatic rings. The Morgan fingerprint density at radius 3 is 2.69 bits per heavy atom. The van der Waals surface area contributed by atoms with Crippen molar-refractivity contribution in [2.75, 3.05) is 6.54 Å². The van der Waals surface area contributed by atoms with Crippen LogP contribution in [0.15, 0.2) is 59.5 Å². The quantitative estimate of drug-likeness (QED) is 0.439. The fraction of sp³-hybridized carbons (Fsp3) is 0.333. The lowest BCUT2D eigenvalue weighted by Gasteiger charge is -2.24. The van der Waals surface area contributed by atoms with E-state index in [-0.39, 0.29) is 24.1 Å². The standard InChI is InChI=1S/C27H30N4O4S/c1-5-21-16-31(36(33,34)25-9-7-6-8-24(25)35-21)15-20-14-19(11-10-17(20)2)27(32)22-12-13-23-26(18(22)3)28-29-30(23)4/h6-14,21,27,32H,5,15-16H2,1-4H3/t21-,27?/m1/s1. The Bertz CT molecular complexity index is 1550. The van der Waals surface area contributed by atoms with Gasteiger partial charge in [-0.05, 0) is 66.3 Å². The largest absolute Gasteiger partial charge is 0.488 e. The molecule has 0 saturated carbocycles. The zero-order chi connectivity index (χ0) is 25.6. The molecular formula is C27H30N4O4S. The highest BCUT2D eigenvalue weighted by Gasteiger charge is 2.34. The van der Waals surface area contributed by atoms with Gasteiger partial charge in [-0.2, -0.15) is 4.31 Å². The lowest BCUT2D eigenvalue weighted by atomic mass is 9.94. The van der Waals surface area contributed by atoms with Gasteiger partial charge in [0, 0.05) is 13.6 Å². The van der Waals surface area contributed by atoms with Crippen LogP contribution >= 0.6 is 0 Å². The molecule has 0 saturated heterocycles. The predicted octanol–water partition coefficient (Wildman–Crippen LogP) is 4.03. The SMILES string of the molecule is CC[C@@H]1CN(Cc2cc(C(O)c3ccc4c(nnn4C)c3C)ccc2C)S(=O)(=O)c2ccccc2O1. The van der Waals surface area contributed by atoms with E-state index in [0.29, 0.717) is 17.7 Å². The summed E-state index contributed by atoms with van der Waals surface area (Å²) in [7, 11) is -1.93. The van der Waals surface area contributed by atoms with Crippen LogP contribution in [0.5, 0.6) is 5.75 Å². The maximum absolute atomic E-state index is 13.6. The summed E-state index contributed by atoms with van der Waals surface area (Å²) in [5.74, 6) is 0.391. The third kappa shape index (κ3) is 4.17. The summed E-state index contributed by atoms with van der Waals surface area (Å²) in [6.45, 7) is 6.31. The van der Waals surface area contributed by atoms with Crippen molar-refractivity contribution >= 4 is 21.1 Å². The smallest absolute Gasteiger partial charge is 0.247 e. The van der Waals surface area contributed by atoms with Crippen molar-refractivity contribution in [2.24, 2.45) is 7.05 Å². The molecule has 3 aromatic carbocycles. The van der Waals surface area contributed by atoms with E-state index in [9.17, 15) is 13.5 Å². The van der Waals surface area contributed by atoms with Crippen LogP contribution in [0.25, 0.3) is 11.0 Å². The first-order valence-electron chi connectivity index (χ1n) is 12.0. The molecule has 0 aliphatic carbocycles. The van der Waals surface area contributed by atoms with E-state index in [0.717, 1.165) is 33.3 Å². The number of hydrogen-bond donors (Lipinski definition) is 1. The Morgan fingerprint density at radius 2 is 1.92 bits per heavy atom. The van der Waals surface area contributed by atoms with Crippen molar-refractivity contribution in [2.45, 2.75) is 50.8 Å². The van der Waals surface area contributed by atoms with E-state index in [1.165, 1.54) is 4.31 Å². The second-order valence-corrected chi connectivity index (χ2v) is 11.2. The minimum atomic E-state index is -3.76. The second-order valence-electron chi connectivity index (χ2n) is 9.34. The molecule has 1 unspecified atom stereocenters. The Balaban J connectivity index is 1.50. The first-order valence-corrected chi connectivity index (χ1v) is 13.5. The number of para-hydroxylation sites is 1. The summed E-state index contributed by atoms with van der Waals surface area (Å²) < 4.78 is 36.4. The molecule has 0 fully saturated rings. The molecule has 0 bridgehead atoms. The number of ether oxygens (including phenoxy) is 1. The second kappa shape index (κ2) is 9.31. The van der Waals surface area contributed by atoms with Crippen LogP contribution in [0, 0.1) is 13.8 Å². The van der Waals surface area contributed by atoms with Crippen LogP contribution in [0.3, 0.4) is 0 Å². The van der Waals surface area contributed by atoms with Crippen molar-refractivity contribution in [3.8, 4) is 5.75 Å². The third-order valence-corrected chi connectivity index (χ3v) is 8.88. The molecule has 5 rings (SSSR count). The van der Waals surface area contributed by atoms with Gasteiger partial charge in [-0.3, -0.25) is 0 Å². The summed E-state index contributed by atoms with van der Waals surface area (Å²) in [6.07, 6.45) is -0.454. The van der Waals surface area contributed by atoms with Crippen molar-refractivity contribution in [3.63, 3.8) is 0 Å². The molecule has 0 radical (unpaired) electrons. The van der Waals surface area contributed by atoms with Gasteiger partial charge in [0.25, 0.3) is 0 Å². The van der Waals surface area contributed by atoms with E-state index in [4.69, 9.17) is 4.74 Å². The Hall–Kier alpha value is -3.27. The zero-order valence-corrected chi connectivity index (χ0v) is 21.7. The molecule has 2 heterocycles. The van der Waals surface area contributed by atoms with E-state index in [1.807, 2.05) is 58.2 Å². The van der Waals surface area contributed by atoms with Crippen LogP contribution in [-0.2, 0) is 23.6 Å². The number of fused-ring (bicyclic) bond motifs is 2. The van der Waals surface area contributed by atoms with Crippen molar-refractivity contribution in [3.05, 3.63) is 82.4 Å². The summed E-state index contributed by atoms with van der Waals surface area (Å²) in [6, 6.07) is 16.3. The molecule has 1 aliphatic rings. The van der Waals surface area contributed by atoms with Gasteiger partial charge in [-0.1, -0.05) is 48.5 Å². The molecular weight excluding hydrogens is 476 g/mol. The molecule has 1 aliphatic heterocycles. The highest BCUT2D eigenvalue weighted by molar-refractivity contribution is 7.89. The molecule has 9 heteroatoms. The lowest BCUT2D eigenvalue weighted by molar-refractivity contribution is 0.168. The van der Waals surface area contributed by atoms with E-state index >= 15 is 0 Å². The zero-order valence-electron chi connectivity index (χ0n) is 20.8. The van der Waals surface area contributed by atoms with Gasteiger partial charge < -0.3 is 9.84 Å². The molecule has 188 valence electrons. The third-order valence-electron chi connectivity index (χ3n) is 7.03. The first-order chi connectivity index (χ1) is 17.2. The van der Waals surface area contributed by atoms with Crippen LogP contribution in [0.1, 0.15) is 47.3 Å². The van der Waals surface area contributed by atoms with Gasteiger partial charge in [0.15, 0.2) is 0 Å². The van der Waals surface area contributed by atoms with Gasteiger partial charge in [0.2, 0.25) is 10.0 Å². The highest BCUT2D eigenvalue weighted by Crippen LogP contribution is 2.34. The Morgan fingerprint density at radius 1 is 1.14 bits per heavy atom. The Kier molecular flexibility index (Phi) is 6.32. The number of hydrogen-bond acceptors (Lipinski definition) is 6. The topological polar surface area (TPSA) is 97.5 Å². The minimum absolute atomic E-state index is 0.183. The van der Waals surface area contributed by atoms with Crippen LogP contribution in [0.2, 0.25) is 0 Å². The normalized spacial score (nSPS) is 18.4. The highest BCUT2D eigenvalue weighted by atomic mass is 32.2. The van der Waals surface area contributed by atoms with E-state index in [1.54, 1.807) is 28.9 Å². The fourth-order valence-corrected chi connectivity index (χ4v) is 6.32. The van der Waals surface area contributed by atoms with Crippen LogP contribution in [0.4, 0.5) is 0 Å². The minimum Gasteiger partial charge on any atom is -0.488 e. The van der Waals surface area contributed by atoms with Gasteiger partial charge in [-0.25, -0.2) is 13.1 Å². The molecule has 1 aromatic heterocycles. The lowest BCUT2D eigenvalue weighted by Crippen LogP contribution is -2.36. The molecule has 0 spiro atoms. The van der Waals surface area contributed by atoms with Crippen LogP contribution < -0.4 is 4.74 Å². The molecule has 8 nitrogen and oxygen atoms in total. The molecule has 36 heavy (non-hydrogen) atoms. The number of aryl methyl sites for hydroxylation is 3. The number of sulfonamides is 1. The predicted molar refractivity (Wildman–Crippen MR) is 137 cm³/mol. The monoisotopic (exact) mass is 506 g/mol. The van der Waals surface area contributed by atoms with E-state index in [2.05, 4.69) is 10.3 Å². The van der Waals surface area contributed by atoms with Crippen LogP contribution in [-0.4, -0.2) is 45.5 Å². The van der Waals surface area contributed by atoms with Gasteiger partial charge in [0.1, 0.15) is 28.4 Å². The molecule has 1 N–H and O–H groups in total. The van der Waals surface area contributed by atoms with Gasteiger partial charge >= 0.3 is 0 Å². The number of nitrogens with zero attached hydrogens (tertiary/aromatic N) is 4. The molecule has 0 amide bonds. The Labute approximate surface area is 211 Å². The van der Waals surface area contributed by atoms with Crippen molar-refractivity contribution < 1.29 is 18.3 Å². The van der Waals surface area contributed by atoms with Gasteiger partial charge in [0.05, 0.1) is 12.1 Å². The number of benzene rings is 3. The summed E-state index contributed by atoms with van der Waals surface area (Å²) in [4.78, 5) is 0.183. The summed E-state index contributed by atoms with van der Waals surface area (Å²) >= 11 is 0. The maximum atomic E-state index is 13.6. The number of aliphatic hydroxyl groups is 1. The first kappa shape index (κ1) is 24.4. The van der Waals surface area contributed by atoms with E-state index < -0.39 is 16.1 Å². The number of aliphatic hydroxyl groups excluding tert-OH is 1. The van der Waals surface area contributed by atoms with Gasteiger partial charge in [-0.15, -0.1) is 5.10 Å². The number of aromatic nitrogens is 3. The van der Waals surface area contributed by atoms with Crippen molar-refractivity contribution in [1.82, 2.24) is 19.3 Å². The van der Waals surface area contributed by atoms with Crippen molar-refractivity contribution in [1.29, 1.82) is 0 Å². The average Bonchev–Trinajstić information content (AvgIpc) is 3.20. The average molecular weight is 507 g/mol.